The summed E-state index contributed by atoms with van der Waals surface area (Å²) in [5, 5.41) is 27.8. The standard InChI is InChI=1S/C21H38N8O8S/c1-10(22)16(32)29-14(9-15(30)31)19(35)26-11(2)17(33)27-12(5-4-7-25-21(23)24)18(34)28-13(20(36)37)6-8-38-3/h10-14H,4-9,22H2,1-3H3,(H,26,35)(H,27,33)(H,28,34)(H,29,32)(H,30,31)(H,36,37)(H4,23,24,25)/t10-,11-,12-,13-,14-/m0/s1. The van der Waals surface area contributed by atoms with Gasteiger partial charge in [-0.05, 0) is 45.1 Å². The number of nitrogens with two attached hydrogens (primary N) is 3. The molecule has 0 aliphatic rings. The summed E-state index contributed by atoms with van der Waals surface area (Å²) in [5.74, 6) is -5.61. The number of carbonyl (C=O) groups excluding carboxylic acids is 4. The molecule has 0 bridgehead atoms. The molecule has 12 N–H and O–H groups in total. The van der Waals surface area contributed by atoms with Gasteiger partial charge in [-0.2, -0.15) is 11.8 Å². The van der Waals surface area contributed by atoms with E-state index in [4.69, 9.17) is 22.3 Å². The number of hydrogen-bond donors (Lipinski definition) is 9. The quantitative estimate of drug-likeness (QED) is 0.0450. The van der Waals surface area contributed by atoms with E-state index >= 15 is 0 Å². The van der Waals surface area contributed by atoms with Crippen LogP contribution in [0.15, 0.2) is 4.99 Å². The molecule has 0 aromatic rings. The number of thioether (sulfide) groups is 1. The predicted molar refractivity (Wildman–Crippen MR) is 140 cm³/mol. The van der Waals surface area contributed by atoms with E-state index in [1.807, 2.05) is 0 Å². The second kappa shape index (κ2) is 17.8. The maximum absolute atomic E-state index is 12.9. The van der Waals surface area contributed by atoms with E-state index in [0.29, 0.717) is 5.75 Å². The van der Waals surface area contributed by atoms with Gasteiger partial charge in [0.2, 0.25) is 23.6 Å². The second-order valence-corrected chi connectivity index (χ2v) is 9.35. The average molecular weight is 563 g/mol. The Balaban J connectivity index is 5.49. The van der Waals surface area contributed by atoms with Gasteiger partial charge in [0, 0.05) is 6.54 Å². The summed E-state index contributed by atoms with van der Waals surface area (Å²) < 4.78 is 0. The number of carbonyl (C=O) groups is 6. The van der Waals surface area contributed by atoms with Gasteiger partial charge in [0.1, 0.15) is 24.2 Å². The van der Waals surface area contributed by atoms with Crippen LogP contribution in [-0.4, -0.2) is 101 Å². The summed E-state index contributed by atoms with van der Waals surface area (Å²) in [4.78, 5) is 76.5. The van der Waals surface area contributed by atoms with Crippen LogP contribution >= 0.6 is 11.8 Å². The lowest BCUT2D eigenvalue weighted by atomic mass is 10.1. The maximum Gasteiger partial charge on any atom is 0.326 e. The van der Waals surface area contributed by atoms with Crippen LogP contribution in [0.1, 0.15) is 39.5 Å². The first-order valence-electron chi connectivity index (χ1n) is 11.7. The van der Waals surface area contributed by atoms with Crippen LogP contribution in [0.4, 0.5) is 0 Å². The Bertz CT molecular complexity index is 881. The normalized spacial score (nSPS) is 14.5. The van der Waals surface area contributed by atoms with Gasteiger partial charge in [0.25, 0.3) is 0 Å². The number of hydrogen-bond acceptors (Lipinski definition) is 9. The van der Waals surface area contributed by atoms with Crippen LogP contribution in [0.5, 0.6) is 0 Å². The van der Waals surface area contributed by atoms with Gasteiger partial charge in [-0.15, -0.1) is 0 Å². The lowest BCUT2D eigenvalue weighted by Gasteiger charge is -2.24. The van der Waals surface area contributed by atoms with Crippen molar-refractivity contribution < 1.29 is 39.0 Å². The summed E-state index contributed by atoms with van der Waals surface area (Å²) in [7, 11) is 0. The minimum atomic E-state index is -1.51. The number of aliphatic imine (C=N–C) groups is 1. The highest BCUT2D eigenvalue weighted by atomic mass is 32.2. The third kappa shape index (κ3) is 14.2. The van der Waals surface area contributed by atoms with Gasteiger partial charge >= 0.3 is 11.9 Å². The molecule has 5 atom stereocenters. The average Bonchev–Trinajstić information content (AvgIpc) is 2.81. The summed E-state index contributed by atoms with van der Waals surface area (Å²) >= 11 is 1.40. The molecule has 0 fully saturated rings. The van der Waals surface area contributed by atoms with E-state index in [9.17, 15) is 33.9 Å². The van der Waals surface area contributed by atoms with Crippen molar-refractivity contribution >= 4 is 53.3 Å². The Labute approximate surface area is 224 Å². The van der Waals surface area contributed by atoms with E-state index < -0.39 is 72.2 Å². The summed E-state index contributed by atoms with van der Waals surface area (Å²) in [6, 6.07) is -6.16. The molecule has 4 amide bonds. The van der Waals surface area contributed by atoms with Gasteiger partial charge in [0.05, 0.1) is 12.5 Å². The Morgan fingerprint density at radius 3 is 1.87 bits per heavy atom. The summed E-state index contributed by atoms with van der Waals surface area (Å²) in [5.41, 5.74) is 16.0. The fourth-order valence-corrected chi connectivity index (χ4v) is 3.37. The summed E-state index contributed by atoms with van der Waals surface area (Å²) in [6.45, 7) is 2.76. The molecule has 0 rings (SSSR count). The molecule has 216 valence electrons. The molecule has 0 aromatic heterocycles. The number of carboxylic acids is 2. The first kappa shape index (κ1) is 34.4. The van der Waals surface area contributed by atoms with E-state index in [1.54, 1.807) is 6.26 Å². The zero-order valence-electron chi connectivity index (χ0n) is 21.6. The second-order valence-electron chi connectivity index (χ2n) is 8.37. The molecular formula is C21H38N8O8S. The van der Waals surface area contributed by atoms with E-state index in [0.717, 1.165) is 0 Å². The zero-order chi connectivity index (χ0) is 29.4. The van der Waals surface area contributed by atoms with Gasteiger partial charge in [0.15, 0.2) is 5.96 Å². The number of nitrogens with one attached hydrogen (secondary N) is 4. The van der Waals surface area contributed by atoms with Crippen LogP contribution in [0.2, 0.25) is 0 Å². The fraction of sp³-hybridized carbons (Fsp3) is 0.667. The zero-order valence-corrected chi connectivity index (χ0v) is 22.4. The van der Waals surface area contributed by atoms with Crippen molar-refractivity contribution in [3.63, 3.8) is 0 Å². The summed E-state index contributed by atoms with van der Waals surface area (Å²) in [6.07, 6.45) is 1.47. The molecule has 0 aliphatic carbocycles. The molecule has 38 heavy (non-hydrogen) atoms. The molecule has 0 spiro atoms. The number of carboxylic acid groups (broad SMARTS) is 2. The third-order valence-electron chi connectivity index (χ3n) is 4.98. The van der Waals surface area contributed by atoms with Gasteiger partial charge < -0.3 is 48.7 Å². The molecule has 0 radical (unpaired) electrons. The highest BCUT2D eigenvalue weighted by Crippen LogP contribution is 2.05. The Kier molecular flexibility index (Phi) is 16.1. The molecule has 0 heterocycles. The molecule has 16 nitrogen and oxygen atoms in total. The van der Waals surface area contributed by atoms with Gasteiger partial charge in [-0.1, -0.05) is 0 Å². The number of aliphatic carboxylic acids is 2. The first-order chi connectivity index (χ1) is 17.7. The number of amides is 4. The molecule has 0 saturated carbocycles. The highest BCUT2D eigenvalue weighted by Gasteiger charge is 2.30. The Hall–Kier alpha value is -3.60. The lowest BCUT2D eigenvalue weighted by molar-refractivity contribution is -0.142. The molecule has 17 heteroatoms. The van der Waals surface area contributed by atoms with Crippen LogP contribution in [0, 0.1) is 0 Å². The highest BCUT2D eigenvalue weighted by molar-refractivity contribution is 7.98. The first-order valence-corrected chi connectivity index (χ1v) is 13.0. The van der Waals surface area contributed by atoms with Crippen molar-refractivity contribution in [3.05, 3.63) is 0 Å². The topological polar surface area (TPSA) is 281 Å². The van der Waals surface area contributed by atoms with Crippen LogP contribution in [-0.2, 0) is 28.8 Å². The number of guanidine groups is 1. The van der Waals surface area contributed by atoms with Crippen LogP contribution < -0.4 is 38.5 Å². The Morgan fingerprint density at radius 1 is 0.816 bits per heavy atom. The Morgan fingerprint density at radius 2 is 1.37 bits per heavy atom. The van der Waals surface area contributed by atoms with Crippen molar-refractivity contribution in [3.8, 4) is 0 Å². The van der Waals surface area contributed by atoms with E-state index in [1.165, 1.54) is 25.6 Å². The van der Waals surface area contributed by atoms with Crippen LogP contribution in [0.3, 0.4) is 0 Å². The minimum absolute atomic E-state index is 0.0377. The van der Waals surface area contributed by atoms with Crippen molar-refractivity contribution in [2.75, 3.05) is 18.6 Å². The van der Waals surface area contributed by atoms with E-state index in [-0.39, 0.29) is 31.8 Å². The van der Waals surface area contributed by atoms with Crippen molar-refractivity contribution in [2.24, 2.45) is 22.2 Å². The molecule has 0 aromatic carbocycles. The SMILES string of the molecule is CSCC[C@H](NC(=O)[C@H](CCCN=C(N)N)NC(=O)[C@H](C)NC(=O)[C@H](CC(=O)O)NC(=O)[C@H](C)N)C(=O)O. The smallest absolute Gasteiger partial charge is 0.326 e. The van der Waals surface area contributed by atoms with Crippen molar-refractivity contribution in [1.29, 1.82) is 0 Å². The van der Waals surface area contributed by atoms with E-state index in [2.05, 4.69) is 26.3 Å². The van der Waals surface area contributed by atoms with Crippen molar-refractivity contribution in [2.45, 2.75) is 69.7 Å². The monoisotopic (exact) mass is 562 g/mol. The fourth-order valence-electron chi connectivity index (χ4n) is 2.90. The largest absolute Gasteiger partial charge is 0.481 e. The molecule has 0 unspecified atom stereocenters. The number of nitrogens with zero attached hydrogens (tertiary/aromatic N) is 1. The maximum atomic E-state index is 12.9. The molecule has 0 aliphatic heterocycles. The van der Waals surface area contributed by atoms with Gasteiger partial charge in [-0.25, -0.2) is 4.79 Å². The third-order valence-corrected chi connectivity index (χ3v) is 5.62. The molecule has 0 saturated heterocycles. The van der Waals surface area contributed by atoms with Crippen molar-refractivity contribution in [1.82, 2.24) is 21.3 Å². The molecular weight excluding hydrogens is 524 g/mol. The van der Waals surface area contributed by atoms with Gasteiger partial charge in [-0.3, -0.25) is 29.0 Å². The van der Waals surface area contributed by atoms with Crippen LogP contribution in [0.25, 0.3) is 0 Å². The predicted octanol–water partition coefficient (Wildman–Crippen LogP) is -3.34. The minimum Gasteiger partial charge on any atom is -0.481 e. The lowest BCUT2D eigenvalue weighted by Crippen LogP contribution is -2.58. The number of rotatable bonds is 18.